The summed E-state index contributed by atoms with van der Waals surface area (Å²) < 4.78 is 9.97. The Hall–Kier alpha value is -1.62. The summed E-state index contributed by atoms with van der Waals surface area (Å²) in [5.74, 6) is -0.994. The van der Waals surface area contributed by atoms with Crippen molar-refractivity contribution in [1.82, 2.24) is 0 Å². The number of ketones is 1. The van der Waals surface area contributed by atoms with Crippen molar-refractivity contribution in [1.29, 1.82) is 0 Å². The monoisotopic (exact) mass is 210 g/mol. The molecule has 0 unspecified atom stereocenters. The second kappa shape index (κ2) is 3.51. The molecule has 0 saturated carbocycles. The molecule has 0 fully saturated rings. The molecule has 80 valence electrons. The minimum absolute atomic E-state index is 0.0618. The van der Waals surface area contributed by atoms with Crippen LogP contribution < -0.4 is 0 Å². The molecule has 5 heteroatoms. The van der Waals surface area contributed by atoms with E-state index >= 15 is 0 Å². The summed E-state index contributed by atoms with van der Waals surface area (Å²) in [6.45, 7) is 0.126. The summed E-state index contributed by atoms with van der Waals surface area (Å²) in [6.07, 6.45) is 0.807. The molecule has 1 aromatic heterocycles. The summed E-state index contributed by atoms with van der Waals surface area (Å²) in [4.78, 5) is 22.3. The second-order valence-corrected chi connectivity index (χ2v) is 3.37. The number of aromatic carboxylic acids is 1. The van der Waals surface area contributed by atoms with E-state index in [1.165, 1.54) is 7.11 Å². The third-order valence-electron chi connectivity index (χ3n) is 2.43. The highest BCUT2D eigenvalue weighted by atomic mass is 16.5. The first kappa shape index (κ1) is 9.92. The third-order valence-corrected chi connectivity index (χ3v) is 2.43. The van der Waals surface area contributed by atoms with Gasteiger partial charge in [0.05, 0.1) is 5.56 Å². The fourth-order valence-electron chi connectivity index (χ4n) is 1.85. The number of fused-ring (bicyclic) bond motifs is 1. The number of hydrogen-bond donors (Lipinski definition) is 1. The number of carbonyl (C=O) groups excluding carboxylic acids is 1. The Morgan fingerprint density at radius 1 is 1.53 bits per heavy atom. The van der Waals surface area contributed by atoms with Crippen molar-refractivity contribution in [2.75, 3.05) is 7.11 Å². The Morgan fingerprint density at radius 2 is 2.27 bits per heavy atom. The number of hydrogen-bond acceptors (Lipinski definition) is 4. The molecule has 0 spiro atoms. The van der Waals surface area contributed by atoms with Gasteiger partial charge < -0.3 is 14.3 Å². The Balaban J connectivity index is 2.54. The number of carbonyl (C=O) groups is 2. The fraction of sp³-hybridized carbons (Fsp3) is 0.400. The molecule has 5 nitrogen and oxygen atoms in total. The van der Waals surface area contributed by atoms with Gasteiger partial charge in [-0.1, -0.05) is 0 Å². The number of furan rings is 1. The maximum Gasteiger partial charge on any atom is 0.372 e. The smallest absolute Gasteiger partial charge is 0.372 e. The van der Waals surface area contributed by atoms with Gasteiger partial charge in [-0.3, -0.25) is 4.79 Å². The molecule has 1 aromatic rings. The van der Waals surface area contributed by atoms with E-state index in [9.17, 15) is 9.59 Å². The van der Waals surface area contributed by atoms with Crippen LogP contribution in [-0.2, 0) is 17.8 Å². The van der Waals surface area contributed by atoms with Crippen LogP contribution in [0.15, 0.2) is 4.42 Å². The minimum Gasteiger partial charge on any atom is -0.475 e. The maximum absolute atomic E-state index is 11.5. The van der Waals surface area contributed by atoms with Gasteiger partial charge in [-0.15, -0.1) is 0 Å². The van der Waals surface area contributed by atoms with Crippen molar-refractivity contribution in [2.45, 2.75) is 19.4 Å². The topological polar surface area (TPSA) is 76.7 Å². The minimum atomic E-state index is -1.14. The molecule has 2 rings (SSSR count). The summed E-state index contributed by atoms with van der Waals surface area (Å²) in [5, 5.41) is 8.87. The summed E-state index contributed by atoms with van der Waals surface area (Å²) in [6, 6.07) is 0. The van der Waals surface area contributed by atoms with E-state index in [2.05, 4.69) is 0 Å². The van der Waals surface area contributed by atoms with Crippen LogP contribution >= 0.6 is 0 Å². The predicted octanol–water partition coefficient (Wildman–Crippen LogP) is 1.25. The number of carboxylic acid groups (broad SMARTS) is 1. The van der Waals surface area contributed by atoms with Crippen LogP contribution in [0.1, 0.15) is 38.7 Å². The quantitative estimate of drug-likeness (QED) is 0.812. The summed E-state index contributed by atoms with van der Waals surface area (Å²) in [5.41, 5.74) is 0.925. The van der Waals surface area contributed by atoms with E-state index in [1.54, 1.807) is 0 Å². The molecule has 1 aliphatic rings. The molecule has 1 heterocycles. The van der Waals surface area contributed by atoms with Gasteiger partial charge in [-0.2, -0.15) is 0 Å². The van der Waals surface area contributed by atoms with Gasteiger partial charge in [0.2, 0.25) is 5.76 Å². The van der Waals surface area contributed by atoms with Crippen molar-refractivity contribution in [3.05, 3.63) is 22.6 Å². The van der Waals surface area contributed by atoms with Crippen molar-refractivity contribution in [3.8, 4) is 0 Å². The molecule has 1 N–H and O–H groups in total. The number of ether oxygens (including phenoxy) is 1. The molecule has 0 saturated heterocycles. The first-order valence-electron chi connectivity index (χ1n) is 4.55. The standard InChI is InChI=1S/C10H10O5/c1-14-4-7-8-5(2-3-6(8)11)9(15-7)10(12)13/h2-4H2,1H3,(H,12,13). The van der Waals surface area contributed by atoms with Crippen LogP contribution in [0.2, 0.25) is 0 Å². The highest BCUT2D eigenvalue weighted by Gasteiger charge is 2.32. The number of Topliss-reactive ketones (excluding diaryl/α,β-unsaturated/α-hetero) is 1. The zero-order valence-electron chi connectivity index (χ0n) is 8.20. The van der Waals surface area contributed by atoms with Crippen LogP contribution in [0, 0.1) is 0 Å². The van der Waals surface area contributed by atoms with Crippen molar-refractivity contribution in [3.63, 3.8) is 0 Å². The van der Waals surface area contributed by atoms with E-state index in [0.29, 0.717) is 29.7 Å². The van der Waals surface area contributed by atoms with Gasteiger partial charge >= 0.3 is 5.97 Å². The normalized spacial score (nSPS) is 14.3. The van der Waals surface area contributed by atoms with E-state index in [4.69, 9.17) is 14.3 Å². The largest absolute Gasteiger partial charge is 0.475 e. The lowest BCUT2D eigenvalue weighted by Crippen LogP contribution is -1.97. The Kier molecular flexibility index (Phi) is 2.32. The molecule has 0 aliphatic heterocycles. The Bertz CT molecular complexity index is 429. The first-order valence-corrected chi connectivity index (χ1v) is 4.55. The molecule has 0 amide bonds. The number of methoxy groups -OCH3 is 1. The highest BCUT2D eigenvalue weighted by molar-refractivity contribution is 6.04. The van der Waals surface area contributed by atoms with E-state index in [-0.39, 0.29) is 18.2 Å². The Labute approximate surface area is 85.6 Å². The molecule has 0 aromatic carbocycles. The summed E-state index contributed by atoms with van der Waals surface area (Å²) in [7, 11) is 1.47. The van der Waals surface area contributed by atoms with Gasteiger partial charge in [-0.05, 0) is 6.42 Å². The lowest BCUT2D eigenvalue weighted by molar-refractivity contribution is 0.0651. The third kappa shape index (κ3) is 1.45. The predicted molar refractivity (Wildman–Crippen MR) is 49.0 cm³/mol. The van der Waals surface area contributed by atoms with E-state index in [0.717, 1.165) is 0 Å². The molecule has 0 atom stereocenters. The molecule has 0 radical (unpaired) electrons. The van der Waals surface area contributed by atoms with Gasteiger partial charge in [0, 0.05) is 19.1 Å². The van der Waals surface area contributed by atoms with Crippen LogP contribution in [0.25, 0.3) is 0 Å². The van der Waals surface area contributed by atoms with Crippen LogP contribution in [-0.4, -0.2) is 24.0 Å². The maximum atomic E-state index is 11.5. The van der Waals surface area contributed by atoms with Gasteiger partial charge in [-0.25, -0.2) is 4.79 Å². The average Bonchev–Trinajstić information content (AvgIpc) is 2.70. The lowest BCUT2D eigenvalue weighted by atomic mass is 10.1. The second-order valence-electron chi connectivity index (χ2n) is 3.37. The fourth-order valence-corrected chi connectivity index (χ4v) is 1.85. The number of carboxylic acids is 1. The average molecular weight is 210 g/mol. The molecule has 15 heavy (non-hydrogen) atoms. The Morgan fingerprint density at radius 3 is 2.87 bits per heavy atom. The van der Waals surface area contributed by atoms with Gasteiger partial charge in [0.15, 0.2) is 5.78 Å². The SMILES string of the molecule is COCc1oc(C(=O)O)c2c1C(=O)CC2. The van der Waals surface area contributed by atoms with E-state index < -0.39 is 5.97 Å². The molecule has 0 bridgehead atoms. The number of rotatable bonds is 3. The molecule has 1 aliphatic carbocycles. The first-order chi connectivity index (χ1) is 7.15. The van der Waals surface area contributed by atoms with Crippen LogP contribution in [0.3, 0.4) is 0 Å². The van der Waals surface area contributed by atoms with Crippen LogP contribution in [0.5, 0.6) is 0 Å². The molecular weight excluding hydrogens is 200 g/mol. The zero-order chi connectivity index (χ0) is 11.0. The zero-order valence-corrected chi connectivity index (χ0v) is 8.20. The van der Waals surface area contributed by atoms with Gasteiger partial charge in [0.25, 0.3) is 0 Å². The lowest BCUT2D eigenvalue weighted by Gasteiger charge is -1.96. The van der Waals surface area contributed by atoms with Crippen molar-refractivity contribution in [2.24, 2.45) is 0 Å². The summed E-state index contributed by atoms with van der Waals surface area (Å²) >= 11 is 0. The van der Waals surface area contributed by atoms with Crippen LogP contribution in [0.4, 0.5) is 0 Å². The van der Waals surface area contributed by atoms with Crippen molar-refractivity contribution >= 4 is 11.8 Å². The van der Waals surface area contributed by atoms with E-state index in [1.807, 2.05) is 0 Å². The molecular formula is C10H10O5. The highest BCUT2D eigenvalue weighted by Crippen LogP contribution is 2.31. The van der Waals surface area contributed by atoms with Gasteiger partial charge in [0.1, 0.15) is 12.4 Å². The van der Waals surface area contributed by atoms with Crippen molar-refractivity contribution < 1.29 is 23.8 Å².